The van der Waals surface area contributed by atoms with Gasteiger partial charge in [-0.3, -0.25) is 9.78 Å². The number of aromatic nitrogens is 3. The van der Waals surface area contributed by atoms with E-state index in [4.69, 9.17) is 0 Å². The standard InChI is InChI=1S/C10H8IN3O/c1-7(15)10-3-2-9(5-12-10)14-6-8(11)4-13-14/h2-6H,1H3. The van der Waals surface area contributed by atoms with Crippen molar-refractivity contribution in [2.75, 3.05) is 0 Å². The van der Waals surface area contributed by atoms with Gasteiger partial charge in [0.25, 0.3) is 0 Å². The molecule has 5 heteroatoms. The van der Waals surface area contributed by atoms with Crippen LogP contribution in [0.3, 0.4) is 0 Å². The monoisotopic (exact) mass is 313 g/mol. The molecule has 0 saturated carbocycles. The van der Waals surface area contributed by atoms with Crippen LogP contribution in [-0.4, -0.2) is 20.5 Å². The van der Waals surface area contributed by atoms with Crippen molar-refractivity contribution in [3.63, 3.8) is 0 Å². The topological polar surface area (TPSA) is 47.8 Å². The van der Waals surface area contributed by atoms with Crippen LogP contribution in [-0.2, 0) is 0 Å². The van der Waals surface area contributed by atoms with Gasteiger partial charge in [-0.25, -0.2) is 4.68 Å². The van der Waals surface area contributed by atoms with Crippen LogP contribution in [0, 0.1) is 3.57 Å². The van der Waals surface area contributed by atoms with Crippen LogP contribution in [0.5, 0.6) is 0 Å². The summed E-state index contributed by atoms with van der Waals surface area (Å²) < 4.78 is 2.78. The van der Waals surface area contributed by atoms with E-state index in [2.05, 4.69) is 32.7 Å². The van der Waals surface area contributed by atoms with Crippen LogP contribution in [0.15, 0.2) is 30.7 Å². The average Bonchev–Trinajstić information content (AvgIpc) is 2.65. The highest BCUT2D eigenvalue weighted by molar-refractivity contribution is 14.1. The predicted octanol–water partition coefficient (Wildman–Crippen LogP) is 2.07. The average molecular weight is 313 g/mol. The predicted molar refractivity (Wildman–Crippen MR) is 64.1 cm³/mol. The minimum atomic E-state index is -0.0309. The van der Waals surface area contributed by atoms with Gasteiger partial charge in [0.15, 0.2) is 5.78 Å². The van der Waals surface area contributed by atoms with Gasteiger partial charge in [0, 0.05) is 13.1 Å². The number of rotatable bonds is 2. The summed E-state index contributed by atoms with van der Waals surface area (Å²) in [5.74, 6) is -0.0309. The number of halogens is 1. The first-order valence-electron chi connectivity index (χ1n) is 4.34. The van der Waals surface area contributed by atoms with Crippen LogP contribution >= 0.6 is 22.6 Å². The van der Waals surface area contributed by atoms with E-state index in [1.807, 2.05) is 12.3 Å². The van der Waals surface area contributed by atoms with Crippen molar-refractivity contribution in [3.8, 4) is 5.69 Å². The lowest BCUT2D eigenvalue weighted by Crippen LogP contribution is -1.99. The van der Waals surface area contributed by atoms with Gasteiger partial charge in [-0.05, 0) is 34.7 Å². The number of ketones is 1. The number of hydrogen-bond acceptors (Lipinski definition) is 3. The van der Waals surface area contributed by atoms with E-state index in [0.717, 1.165) is 9.26 Å². The van der Waals surface area contributed by atoms with E-state index in [-0.39, 0.29) is 5.78 Å². The summed E-state index contributed by atoms with van der Waals surface area (Å²) in [6.45, 7) is 1.50. The van der Waals surface area contributed by atoms with Crippen LogP contribution < -0.4 is 0 Å². The molecule has 0 saturated heterocycles. The maximum atomic E-state index is 11.0. The van der Waals surface area contributed by atoms with Crippen molar-refractivity contribution in [1.29, 1.82) is 0 Å². The van der Waals surface area contributed by atoms with E-state index in [9.17, 15) is 4.79 Å². The Balaban J connectivity index is 2.35. The second kappa shape index (κ2) is 4.09. The molecule has 76 valence electrons. The number of carbonyl (C=O) groups excluding carboxylic acids is 1. The molecule has 4 nitrogen and oxygen atoms in total. The Bertz CT molecular complexity index is 490. The molecule has 0 amide bonds. The summed E-state index contributed by atoms with van der Waals surface area (Å²) in [6, 6.07) is 3.53. The molecular formula is C10H8IN3O. The van der Waals surface area contributed by atoms with Crippen molar-refractivity contribution in [2.24, 2.45) is 0 Å². The third-order valence-corrected chi connectivity index (χ3v) is 2.48. The summed E-state index contributed by atoms with van der Waals surface area (Å²) in [6.07, 6.45) is 5.30. The Kier molecular flexibility index (Phi) is 2.81. The Morgan fingerprint density at radius 2 is 2.20 bits per heavy atom. The maximum absolute atomic E-state index is 11.0. The largest absolute Gasteiger partial charge is 0.293 e. The van der Waals surface area contributed by atoms with Crippen molar-refractivity contribution < 1.29 is 4.79 Å². The van der Waals surface area contributed by atoms with E-state index in [1.54, 1.807) is 23.1 Å². The summed E-state index contributed by atoms with van der Waals surface area (Å²) >= 11 is 2.19. The van der Waals surface area contributed by atoms with Crippen LogP contribution in [0.4, 0.5) is 0 Å². The first-order chi connectivity index (χ1) is 7.16. The van der Waals surface area contributed by atoms with E-state index < -0.39 is 0 Å². The zero-order chi connectivity index (χ0) is 10.8. The maximum Gasteiger partial charge on any atom is 0.178 e. The van der Waals surface area contributed by atoms with E-state index in [0.29, 0.717) is 5.69 Å². The summed E-state index contributed by atoms with van der Waals surface area (Å²) in [5.41, 5.74) is 1.32. The van der Waals surface area contributed by atoms with Crippen molar-refractivity contribution >= 4 is 28.4 Å². The lowest BCUT2D eigenvalue weighted by molar-refractivity contribution is 0.101. The molecule has 0 aliphatic rings. The fourth-order valence-electron chi connectivity index (χ4n) is 1.17. The van der Waals surface area contributed by atoms with Gasteiger partial charge in [-0.2, -0.15) is 5.10 Å². The third kappa shape index (κ3) is 2.23. The molecule has 0 bridgehead atoms. The zero-order valence-corrected chi connectivity index (χ0v) is 10.2. The van der Waals surface area contributed by atoms with Crippen LogP contribution in [0.1, 0.15) is 17.4 Å². The highest BCUT2D eigenvalue weighted by Gasteiger charge is 2.02. The smallest absolute Gasteiger partial charge is 0.178 e. The van der Waals surface area contributed by atoms with Gasteiger partial charge in [-0.15, -0.1) is 0 Å². The van der Waals surface area contributed by atoms with Crippen molar-refractivity contribution in [1.82, 2.24) is 14.8 Å². The molecule has 2 aromatic rings. The first kappa shape index (κ1) is 10.3. The number of nitrogens with zero attached hydrogens (tertiary/aromatic N) is 3. The van der Waals surface area contributed by atoms with E-state index in [1.165, 1.54) is 6.92 Å². The third-order valence-electron chi connectivity index (χ3n) is 1.92. The molecule has 0 spiro atoms. The summed E-state index contributed by atoms with van der Waals surface area (Å²) in [7, 11) is 0. The minimum Gasteiger partial charge on any atom is -0.293 e. The normalized spacial score (nSPS) is 10.3. The molecule has 0 unspecified atom stereocenters. The van der Waals surface area contributed by atoms with Gasteiger partial charge in [0.05, 0.1) is 21.7 Å². The molecule has 0 aliphatic heterocycles. The molecular weight excluding hydrogens is 305 g/mol. The molecule has 0 N–H and O–H groups in total. The Morgan fingerprint density at radius 3 is 2.67 bits per heavy atom. The second-order valence-corrected chi connectivity index (χ2v) is 4.31. The van der Waals surface area contributed by atoms with Gasteiger partial charge in [-0.1, -0.05) is 0 Å². The molecule has 0 aliphatic carbocycles. The fourth-order valence-corrected chi connectivity index (χ4v) is 1.56. The minimum absolute atomic E-state index is 0.0309. The van der Waals surface area contributed by atoms with E-state index >= 15 is 0 Å². The van der Waals surface area contributed by atoms with Crippen LogP contribution in [0.2, 0.25) is 0 Å². The molecule has 0 atom stereocenters. The zero-order valence-electron chi connectivity index (χ0n) is 8.01. The van der Waals surface area contributed by atoms with Crippen LogP contribution in [0.25, 0.3) is 5.69 Å². The molecule has 2 heterocycles. The summed E-state index contributed by atoms with van der Waals surface area (Å²) in [5, 5.41) is 4.14. The Morgan fingerprint density at radius 1 is 1.40 bits per heavy atom. The van der Waals surface area contributed by atoms with Gasteiger partial charge >= 0.3 is 0 Å². The number of hydrogen-bond donors (Lipinski definition) is 0. The number of pyridine rings is 1. The molecule has 0 radical (unpaired) electrons. The van der Waals surface area contributed by atoms with Gasteiger partial charge < -0.3 is 0 Å². The molecule has 0 fully saturated rings. The van der Waals surface area contributed by atoms with Crippen molar-refractivity contribution in [3.05, 3.63) is 40.0 Å². The number of Topliss-reactive ketones (excluding diaryl/α,β-unsaturated/α-hetero) is 1. The second-order valence-electron chi connectivity index (χ2n) is 3.06. The summed E-state index contributed by atoms with van der Waals surface area (Å²) in [4.78, 5) is 15.1. The molecule has 2 aromatic heterocycles. The van der Waals surface area contributed by atoms with Gasteiger partial charge in [0.2, 0.25) is 0 Å². The van der Waals surface area contributed by atoms with Crippen molar-refractivity contribution in [2.45, 2.75) is 6.92 Å². The molecule has 0 aromatic carbocycles. The first-order valence-corrected chi connectivity index (χ1v) is 5.42. The highest BCUT2D eigenvalue weighted by atomic mass is 127. The lowest BCUT2D eigenvalue weighted by Gasteiger charge is -2.00. The van der Waals surface area contributed by atoms with Gasteiger partial charge in [0.1, 0.15) is 5.69 Å². The Labute approximate surface area is 100 Å². The lowest BCUT2D eigenvalue weighted by atomic mass is 10.2. The Hall–Kier alpha value is -1.24. The quantitative estimate of drug-likeness (QED) is 0.630. The highest BCUT2D eigenvalue weighted by Crippen LogP contribution is 2.09. The SMILES string of the molecule is CC(=O)c1ccc(-n2cc(I)cn2)cn1. The number of carbonyl (C=O) groups is 1. The molecule has 15 heavy (non-hydrogen) atoms. The molecule has 2 rings (SSSR count). The fraction of sp³-hybridized carbons (Fsp3) is 0.100.